The van der Waals surface area contributed by atoms with E-state index in [1.165, 1.54) is 0 Å². The van der Waals surface area contributed by atoms with Crippen molar-refractivity contribution < 1.29 is 9.53 Å². The molecule has 130 valence electrons. The van der Waals surface area contributed by atoms with E-state index in [9.17, 15) is 4.79 Å². The highest BCUT2D eigenvalue weighted by atomic mass is 16.5. The van der Waals surface area contributed by atoms with Crippen LogP contribution in [0.25, 0.3) is 5.65 Å². The summed E-state index contributed by atoms with van der Waals surface area (Å²) in [5, 5.41) is 3.00. The quantitative estimate of drug-likeness (QED) is 0.917. The van der Waals surface area contributed by atoms with Crippen molar-refractivity contribution in [3.8, 4) is 0 Å². The third kappa shape index (κ3) is 3.87. The van der Waals surface area contributed by atoms with E-state index in [0.717, 1.165) is 56.2 Å². The number of aryl methyl sites for hydroxylation is 1. The van der Waals surface area contributed by atoms with Gasteiger partial charge in [-0.3, -0.25) is 0 Å². The summed E-state index contributed by atoms with van der Waals surface area (Å²) < 4.78 is 7.55. The number of nitrogens with zero attached hydrogens (tertiary/aromatic N) is 3. The average molecular weight is 330 g/mol. The van der Waals surface area contributed by atoms with Crippen LogP contribution in [-0.2, 0) is 11.3 Å². The lowest BCUT2D eigenvalue weighted by Crippen LogP contribution is -2.46. The molecule has 1 aliphatic rings. The predicted molar refractivity (Wildman–Crippen MR) is 93.0 cm³/mol. The molecule has 3 heterocycles. The van der Waals surface area contributed by atoms with Crippen molar-refractivity contribution in [2.24, 2.45) is 5.92 Å². The van der Waals surface area contributed by atoms with E-state index in [0.29, 0.717) is 12.5 Å². The zero-order chi connectivity index (χ0) is 16.9. The number of likely N-dealkylation sites (tertiary alicyclic amines) is 1. The number of fused-ring (bicyclic) bond motifs is 1. The van der Waals surface area contributed by atoms with E-state index >= 15 is 0 Å². The predicted octanol–water partition coefficient (Wildman–Crippen LogP) is 2.60. The third-order valence-electron chi connectivity index (χ3n) is 4.53. The molecule has 0 aliphatic carbocycles. The molecule has 1 saturated heterocycles. The van der Waals surface area contributed by atoms with E-state index in [-0.39, 0.29) is 6.03 Å². The third-order valence-corrected chi connectivity index (χ3v) is 4.53. The number of amides is 2. The molecular formula is C18H26N4O2. The number of nitrogens with one attached hydrogen (secondary N) is 1. The Morgan fingerprint density at radius 2 is 2.33 bits per heavy atom. The lowest BCUT2D eigenvalue weighted by atomic mass is 9.99. The van der Waals surface area contributed by atoms with E-state index in [4.69, 9.17) is 4.74 Å². The first-order valence-corrected chi connectivity index (χ1v) is 8.71. The van der Waals surface area contributed by atoms with Crippen LogP contribution in [-0.4, -0.2) is 46.6 Å². The van der Waals surface area contributed by atoms with Crippen molar-refractivity contribution in [3.63, 3.8) is 0 Å². The molecule has 2 aromatic heterocycles. The van der Waals surface area contributed by atoms with Gasteiger partial charge in [0.2, 0.25) is 0 Å². The van der Waals surface area contributed by atoms with Crippen LogP contribution in [0.2, 0.25) is 0 Å². The van der Waals surface area contributed by atoms with Crippen molar-refractivity contribution in [2.75, 3.05) is 26.3 Å². The van der Waals surface area contributed by atoms with E-state index < -0.39 is 0 Å². The Balaban J connectivity index is 1.55. The molecule has 2 amide bonds. The minimum Gasteiger partial charge on any atom is -0.381 e. The van der Waals surface area contributed by atoms with Crippen LogP contribution in [0, 0.1) is 12.8 Å². The maximum Gasteiger partial charge on any atom is 0.317 e. The Bertz CT molecular complexity index is 697. The van der Waals surface area contributed by atoms with Gasteiger partial charge in [0.05, 0.1) is 18.8 Å². The number of ether oxygens (including phenoxy) is 1. The maximum atomic E-state index is 12.4. The number of imidazole rings is 1. The second-order valence-electron chi connectivity index (χ2n) is 6.40. The minimum atomic E-state index is -0.00928. The highest BCUT2D eigenvalue weighted by molar-refractivity contribution is 5.74. The van der Waals surface area contributed by atoms with E-state index in [2.05, 4.69) is 10.3 Å². The molecule has 1 atom stereocenters. The monoisotopic (exact) mass is 330 g/mol. The van der Waals surface area contributed by atoms with Gasteiger partial charge in [-0.1, -0.05) is 6.07 Å². The fourth-order valence-corrected chi connectivity index (χ4v) is 3.23. The minimum absolute atomic E-state index is 0.00928. The van der Waals surface area contributed by atoms with Gasteiger partial charge in [-0.05, 0) is 38.8 Å². The van der Waals surface area contributed by atoms with Crippen molar-refractivity contribution in [2.45, 2.75) is 33.2 Å². The topological polar surface area (TPSA) is 58.9 Å². The maximum absolute atomic E-state index is 12.4. The highest BCUT2D eigenvalue weighted by Crippen LogP contribution is 2.17. The first kappa shape index (κ1) is 16.8. The molecular weight excluding hydrogens is 304 g/mol. The Morgan fingerprint density at radius 3 is 3.12 bits per heavy atom. The number of hydrogen-bond acceptors (Lipinski definition) is 3. The summed E-state index contributed by atoms with van der Waals surface area (Å²) in [6, 6.07) is 6.00. The molecule has 6 heteroatoms. The van der Waals surface area contributed by atoms with E-state index in [1.807, 2.05) is 47.5 Å². The molecule has 0 spiro atoms. The molecule has 24 heavy (non-hydrogen) atoms. The Labute approximate surface area is 142 Å². The fourth-order valence-electron chi connectivity index (χ4n) is 3.23. The number of piperidine rings is 1. The summed E-state index contributed by atoms with van der Waals surface area (Å²) in [6.07, 6.45) is 4.16. The molecule has 0 radical (unpaired) electrons. The molecule has 1 unspecified atom stereocenters. The van der Waals surface area contributed by atoms with Crippen LogP contribution in [0.5, 0.6) is 0 Å². The Morgan fingerprint density at radius 1 is 1.46 bits per heavy atom. The summed E-state index contributed by atoms with van der Waals surface area (Å²) in [7, 11) is 0. The van der Waals surface area contributed by atoms with Gasteiger partial charge in [-0.25, -0.2) is 9.78 Å². The van der Waals surface area contributed by atoms with Gasteiger partial charge in [0, 0.05) is 37.5 Å². The highest BCUT2D eigenvalue weighted by Gasteiger charge is 2.23. The lowest BCUT2D eigenvalue weighted by molar-refractivity contribution is 0.0755. The van der Waals surface area contributed by atoms with Crippen LogP contribution in [0.4, 0.5) is 4.79 Å². The molecule has 6 nitrogen and oxygen atoms in total. The van der Waals surface area contributed by atoms with Crippen molar-refractivity contribution >= 4 is 11.7 Å². The molecule has 2 aromatic rings. The summed E-state index contributed by atoms with van der Waals surface area (Å²) in [5.74, 6) is 0.447. The normalized spacial score (nSPS) is 18.1. The first-order chi connectivity index (χ1) is 11.7. The van der Waals surface area contributed by atoms with Gasteiger partial charge >= 0.3 is 6.03 Å². The number of urea groups is 1. The summed E-state index contributed by atoms with van der Waals surface area (Å²) >= 11 is 0. The fraction of sp³-hybridized carbons (Fsp3) is 0.556. The van der Waals surface area contributed by atoms with Crippen LogP contribution >= 0.6 is 0 Å². The van der Waals surface area contributed by atoms with Gasteiger partial charge in [-0.15, -0.1) is 0 Å². The van der Waals surface area contributed by atoms with Crippen molar-refractivity contribution in [1.29, 1.82) is 0 Å². The number of hydrogen-bond donors (Lipinski definition) is 1. The van der Waals surface area contributed by atoms with Crippen LogP contribution in [0.15, 0.2) is 24.4 Å². The van der Waals surface area contributed by atoms with Crippen LogP contribution in [0.3, 0.4) is 0 Å². The number of aromatic nitrogens is 2. The average Bonchev–Trinajstić information content (AvgIpc) is 3.03. The number of carbonyl (C=O) groups is 1. The smallest absolute Gasteiger partial charge is 0.317 e. The summed E-state index contributed by atoms with van der Waals surface area (Å²) in [4.78, 5) is 18.9. The Hall–Kier alpha value is -2.08. The zero-order valence-corrected chi connectivity index (χ0v) is 14.5. The Kier molecular flexibility index (Phi) is 5.35. The number of carbonyl (C=O) groups excluding carboxylic acids is 1. The lowest BCUT2D eigenvalue weighted by Gasteiger charge is -2.32. The van der Waals surface area contributed by atoms with Gasteiger partial charge < -0.3 is 19.4 Å². The van der Waals surface area contributed by atoms with Crippen LogP contribution < -0.4 is 5.32 Å². The molecule has 1 fully saturated rings. The summed E-state index contributed by atoms with van der Waals surface area (Å²) in [6.45, 7) is 7.57. The number of rotatable bonds is 5. The zero-order valence-electron chi connectivity index (χ0n) is 14.5. The first-order valence-electron chi connectivity index (χ1n) is 8.71. The van der Waals surface area contributed by atoms with Crippen molar-refractivity contribution in [3.05, 3.63) is 35.8 Å². The molecule has 0 bridgehead atoms. The van der Waals surface area contributed by atoms with Gasteiger partial charge in [-0.2, -0.15) is 0 Å². The van der Waals surface area contributed by atoms with E-state index in [1.54, 1.807) is 0 Å². The second kappa shape index (κ2) is 7.66. The van der Waals surface area contributed by atoms with Crippen molar-refractivity contribution in [1.82, 2.24) is 19.6 Å². The standard InChI is InChI=1S/C18H26N4O2/c1-3-24-13-15-7-5-9-21(11-15)18(23)19-10-16-12-22-14(2)6-4-8-17(22)20-16/h4,6,8,12,15H,3,5,7,9-11,13H2,1-2H3,(H,19,23). The molecule has 3 rings (SSSR count). The van der Waals surface area contributed by atoms with Crippen LogP contribution in [0.1, 0.15) is 31.2 Å². The molecule has 0 aromatic carbocycles. The molecule has 0 saturated carbocycles. The number of pyridine rings is 1. The summed E-state index contributed by atoms with van der Waals surface area (Å²) in [5.41, 5.74) is 2.92. The van der Waals surface area contributed by atoms with Gasteiger partial charge in [0.1, 0.15) is 5.65 Å². The SMILES string of the molecule is CCOCC1CCCN(C(=O)NCc2cn3c(C)cccc3n2)C1. The van der Waals surface area contributed by atoms with Gasteiger partial charge in [0.15, 0.2) is 0 Å². The van der Waals surface area contributed by atoms with Gasteiger partial charge in [0.25, 0.3) is 0 Å². The molecule has 1 N–H and O–H groups in total. The largest absolute Gasteiger partial charge is 0.381 e. The molecule has 1 aliphatic heterocycles. The second-order valence-corrected chi connectivity index (χ2v) is 6.40.